The Morgan fingerprint density at radius 3 is 2.73 bits per heavy atom. The molecule has 8 nitrogen and oxygen atoms in total. The van der Waals surface area contributed by atoms with Gasteiger partial charge in [-0.3, -0.25) is 19.4 Å². The van der Waals surface area contributed by atoms with Gasteiger partial charge in [0.2, 0.25) is 6.41 Å². The van der Waals surface area contributed by atoms with Crippen molar-refractivity contribution in [1.29, 1.82) is 0 Å². The molecule has 1 aliphatic rings. The van der Waals surface area contributed by atoms with Crippen LogP contribution in [0.3, 0.4) is 0 Å². The van der Waals surface area contributed by atoms with Gasteiger partial charge in [0.15, 0.2) is 0 Å². The summed E-state index contributed by atoms with van der Waals surface area (Å²) in [6.07, 6.45) is 7.87. The topological polar surface area (TPSA) is 105 Å². The first-order valence-electron chi connectivity index (χ1n) is 9.46. The fourth-order valence-corrected chi connectivity index (χ4v) is 3.27. The van der Waals surface area contributed by atoms with Crippen LogP contribution >= 0.6 is 0 Å². The van der Waals surface area contributed by atoms with E-state index in [2.05, 4.69) is 45.5 Å². The van der Waals surface area contributed by atoms with Gasteiger partial charge in [0.25, 0.3) is 5.56 Å². The normalized spacial score (nSPS) is 12.2. The summed E-state index contributed by atoms with van der Waals surface area (Å²) in [7, 11) is 0. The Bertz CT molecular complexity index is 1070. The van der Waals surface area contributed by atoms with Crippen molar-refractivity contribution in [2.45, 2.75) is 19.4 Å². The van der Waals surface area contributed by atoms with Crippen molar-refractivity contribution in [2.24, 2.45) is 0 Å². The third kappa shape index (κ3) is 5.32. The van der Waals surface area contributed by atoms with E-state index in [1.165, 1.54) is 48.1 Å². The number of amides is 1. The van der Waals surface area contributed by atoms with Crippen molar-refractivity contribution >= 4 is 29.4 Å². The molecule has 0 unspecified atom stereocenters. The lowest BCUT2D eigenvalue weighted by molar-refractivity contribution is -0.137. The smallest absolute Gasteiger partial charge is 0.323 e. The highest BCUT2D eigenvalue weighted by Gasteiger charge is 2.17. The summed E-state index contributed by atoms with van der Waals surface area (Å²) in [6.45, 7) is 0.663. The van der Waals surface area contributed by atoms with E-state index in [-0.39, 0.29) is 0 Å². The molecule has 154 valence electrons. The van der Waals surface area contributed by atoms with Crippen LogP contribution in [-0.2, 0) is 22.6 Å². The molecule has 30 heavy (non-hydrogen) atoms. The maximum Gasteiger partial charge on any atom is 0.323 e. The number of benzene rings is 1. The van der Waals surface area contributed by atoms with Crippen LogP contribution < -0.4 is 15.8 Å². The highest BCUT2D eigenvalue weighted by Crippen LogP contribution is 2.32. The fourth-order valence-electron chi connectivity index (χ4n) is 3.27. The first-order chi connectivity index (χ1) is 14.6. The Labute approximate surface area is 173 Å². The lowest BCUT2D eigenvalue weighted by Gasteiger charge is -2.30. The molecule has 0 aliphatic carbocycles. The zero-order chi connectivity index (χ0) is 21.3. The Hall–Kier alpha value is -3.94. The molecule has 0 bridgehead atoms. The molecule has 3 heterocycles. The molecule has 2 aromatic heterocycles. The van der Waals surface area contributed by atoms with Crippen LogP contribution in [0.25, 0.3) is 0 Å². The van der Waals surface area contributed by atoms with Gasteiger partial charge in [0, 0.05) is 30.7 Å². The number of aryl methyl sites for hydroxylation is 1. The molecule has 0 saturated heterocycles. The monoisotopic (exact) mass is 406 g/mol. The third-order valence-corrected chi connectivity index (χ3v) is 4.58. The van der Waals surface area contributed by atoms with Gasteiger partial charge in [0.05, 0.1) is 17.6 Å². The highest BCUT2D eigenvalue weighted by atomic mass is 16.4. The van der Waals surface area contributed by atoms with E-state index < -0.39 is 18.1 Å². The Morgan fingerprint density at radius 2 is 2.00 bits per heavy atom. The summed E-state index contributed by atoms with van der Waals surface area (Å²) in [4.78, 5) is 38.1. The maximum absolute atomic E-state index is 11.1. The number of hydrogen-bond donors (Lipinski definition) is 2. The first-order valence-corrected chi connectivity index (χ1v) is 9.46. The molecule has 1 aliphatic heterocycles. The number of carboxylic acids is 1. The van der Waals surface area contributed by atoms with Gasteiger partial charge >= 0.3 is 5.97 Å². The first kappa shape index (κ1) is 20.8. The largest absolute Gasteiger partial charge is 0.480 e. The van der Waals surface area contributed by atoms with Gasteiger partial charge in [0.1, 0.15) is 6.54 Å². The zero-order valence-electron chi connectivity index (χ0n) is 16.3. The fraction of sp³-hybridized carbons (Fsp3) is 0.182. The average Bonchev–Trinajstić information content (AvgIpc) is 2.77. The molecule has 0 radical (unpaired) electrons. The molecule has 0 fully saturated rings. The van der Waals surface area contributed by atoms with Gasteiger partial charge in [-0.2, -0.15) is 0 Å². The number of carbonyl (C=O) groups excluding carboxylic acids is 1. The summed E-state index contributed by atoms with van der Waals surface area (Å²) in [5.41, 5.74) is 3.92. The molecule has 0 atom stereocenters. The molecular formula is C22H22N4O4. The van der Waals surface area contributed by atoms with E-state index in [0.717, 1.165) is 11.1 Å². The zero-order valence-corrected chi connectivity index (χ0v) is 16.3. The van der Waals surface area contributed by atoms with Gasteiger partial charge in [-0.05, 0) is 42.7 Å². The Morgan fingerprint density at radius 1 is 1.17 bits per heavy atom. The lowest BCUT2D eigenvalue weighted by Crippen LogP contribution is -2.24. The molecule has 4 rings (SSSR count). The van der Waals surface area contributed by atoms with E-state index in [9.17, 15) is 14.4 Å². The van der Waals surface area contributed by atoms with Crippen molar-refractivity contribution in [1.82, 2.24) is 9.55 Å². The SMILES string of the molecule is O=CNc1ccc(=O)n(CC(=O)O)c1.c1cncc(N2CCCc3ccccc32)c1. The van der Waals surface area contributed by atoms with Gasteiger partial charge in [-0.15, -0.1) is 0 Å². The van der Waals surface area contributed by atoms with Crippen molar-refractivity contribution in [3.05, 3.63) is 83.0 Å². The highest BCUT2D eigenvalue weighted by molar-refractivity contribution is 5.71. The number of nitrogens with one attached hydrogen (secondary N) is 1. The van der Waals surface area contributed by atoms with E-state index in [4.69, 9.17) is 5.11 Å². The summed E-state index contributed by atoms with van der Waals surface area (Å²) in [5, 5.41) is 10.8. The van der Waals surface area contributed by atoms with Crippen LogP contribution in [0.15, 0.2) is 71.9 Å². The second-order valence-corrected chi connectivity index (χ2v) is 6.63. The number of rotatable bonds is 5. The van der Waals surface area contributed by atoms with Crippen LogP contribution in [0.2, 0.25) is 0 Å². The van der Waals surface area contributed by atoms with Gasteiger partial charge in [-0.25, -0.2) is 0 Å². The van der Waals surface area contributed by atoms with E-state index in [1.807, 2.05) is 18.5 Å². The van der Waals surface area contributed by atoms with Crippen LogP contribution in [0.4, 0.5) is 17.1 Å². The standard InChI is InChI=1S/C14H14N2.C8H8N2O4/c1-2-8-14-12(5-1)6-4-10-16(14)13-7-3-9-15-11-13;11-5-9-6-1-2-7(12)10(3-6)4-8(13)14/h1-3,5,7-9,11H,4,6,10H2;1-3,5H,4H2,(H,9,11)(H,13,14). The second kappa shape index (κ2) is 10.0. The van der Waals surface area contributed by atoms with Gasteiger partial charge in [-0.1, -0.05) is 18.2 Å². The van der Waals surface area contributed by atoms with Crippen molar-refractivity contribution in [3.8, 4) is 0 Å². The van der Waals surface area contributed by atoms with E-state index >= 15 is 0 Å². The molecule has 2 N–H and O–H groups in total. The predicted molar refractivity (Wildman–Crippen MR) is 114 cm³/mol. The number of pyridine rings is 2. The number of aromatic nitrogens is 2. The number of hydrogen-bond acceptors (Lipinski definition) is 5. The minimum atomic E-state index is -1.12. The maximum atomic E-state index is 11.1. The van der Waals surface area contributed by atoms with E-state index in [1.54, 1.807) is 0 Å². The average molecular weight is 406 g/mol. The minimum absolute atomic E-state index is 0.376. The summed E-state index contributed by atoms with van der Waals surface area (Å²) in [6, 6.07) is 15.3. The predicted octanol–water partition coefficient (Wildman–Crippen LogP) is 2.67. The summed E-state index contributed by atoms with van der Waals surface area (Å²) in [5.74, 6) is -1.12. The summed E-state index contributed by atoms with van der Waals surface area (Å²) >= 11 is 0. The quantitative estimate of drug-likeness (QED) is 0.631. The Kier molecular flexibility index (Phi) is 6.94. The molecule has 0 spiro atoms. The number of fused-ring (bicyclic) bond motifs is 1. The molecule has 1 aromatic carbocycles. The van der Waals surface area contributed by atoms with Crippen LogP contribution in [-0.4, -0.2) is 33.6 Å². The summed E-state index contributed by atoms with van der Waals surface area (Å²) < 4.78 is 0.994. The molecule has 3 aromatic rings. The van der Waals surface area contributed by atoms with Crippen molar-refractivity contribution < 1.29 is 14.7 Å². The molecule has 1 amide bonds. The van der Waals surface area contributed by atoms with Gasteiger partial charge < -0.3 is 19.9 Å². The molecule has 8 heteroatoms. The van der Waals surface area contributed by atoms with Crippen molar-refractivity contribution in [3.63, 3.8) is 0 Å². The third-order valence-electron chi connectivity index (χ3n) is 4.58. The number of nitrogens with zero attached hydrogens (tertiary/aromatic N) is 3. The van der Waals surface area contributed by atoms with Crippen molar-refractivity contribution in [2.75, 3.05) is 16.8 Å². The number of carboxylic acid groups (broad SMARTS) is 1. The Balaban J connectivity index is 0.000000173. The molecule has 0 saturated carbocycles. The second-order valence-electron chi connectivity index (χ2n) is 6.63. The molecular weight excluding hydrogens is 384 g/mol. The minimum Gasteiger partial charge on any atom is -0.480 e. The lowest BCUT2D eigenvalue weighted by atomic mass is 10.0. The van der Waals surface area contributed by atoms with Crippen LogP contribution in [0.1, 0.15) is 12.0 Å². The van der Waals surface area contributed by atoms with Crippen LogP contribution in [0, 0.1) is 0 Å². The number of aliphatic carboxylic acids is 1. The number of carbonyl (C=O) groups is 2. The van der Waals surface area contributed by atoms with Crippen LogP contribution in [0.5, 0.6) is 0 Å². The number of anilines is 3. The number of para-hydroxylation sites is 1. The van der Waals surface area contributed by atoms with E-state index in [0.29, 0.717) is 12.1 Å².